The number of rotatable bonds is 4. The van der Waals surface area contributed by atoms with E-state index in [0.717, 1.165) is 0 Å². The Morgan fingerprint density at radius 3 is 1.65 bits per heavy atom. The lowest BCUT2D eigenvalue weighted by atomic mass is 10.0. The van der Waals surface area contributed by atoms with Gasteiger partial charge < -0.3 is 21.7 Å². The van der Waals surface area contributed by atoms with Crippen LogP contribution in [0.5, 0.6) is 0 Å². The number of amides is 2. The highest BCUT2D eigenvalue weighted by Gasteiger charge is 2.44. The Morgan fingerprint density at radius 1 is 0.691 bits per heavy atom. The minimum Gasteiger partial charge on any atom is -0.384 e. The van der Waals surface area contributed by atoms with Gasteiger partial charge in [-0.3, -0.25) is 28.3 Å². The molecule has 19 heteroatoms. The average molecular weight is 885 g/mol. The minimum absolute atomic E-state index is 0.0948. The van der Waals surface area contributed by atoms with Gasteiger partial charge in [0.2, 0.25) is 0 Å². The normalized spacial score (nSPS) is 17.7. The number of anilines is 3. The van der Waals surface area contributed by atoms with Crippen LogP contribution in [-0.2, 0) is 11.3 Å². The van der Waals surface area contributed by atoms with Crippen molar-refractivity contribution in [1.29, 1.82) is 0 Å². The molecule has 0 saturated carbocycles. The Morgan fingerprint density at radius 2 is 1.20 bits per heavy atom. The SMILES string of the molecule is CC1(c2cccc(Cl)c2)NC(=O)c2c(Cl)cc(Br)c(=O)n21.CC1(c2cccc(Cl)c2)NC(=O)c2c(Cl)cc(Nc3ccncn3)c(=O)n21.Nc1ccncn1. The number of hydrogen-bond acceptors (Lipinski definition) is 10. The Bertz CT molecular complexity index is 2580. The maximum Gasteiger partial charge on any atom is 0.277 e. The van der Waals surface area contributed by atoms with Crippen molar-refractivity contribution in [3.63, 3.8) is 0 Å². The molecule has 0 bridgehead atoms. The van der Waals surface area contributed by atoms with Crippen LogP contribution in [-0.4, -0.2) is 40.9 Å². The summed E-state index contributed by atoms with van der Waals surface area (Å²) >= 11 is 27.7. The second-order valence-corrected chi connectivity index (χ2v) is 14.7. The number of nitrogens with one attached hydrogen (secondary N) is 3. The van der Waals surface area contributed by atoms with Gasteiger partial charge in [0.25, 0.3) is 22.9 Å². The van der Waals surface area contributed by atoms with Crippen molar-refractivity contribution in [1.82, 2.24) is 39.7 Å². The van der Waals surface area contributed by atoms with E-state index in [0.29, 0.717) is 37.3 Å². The molecule has 2 aliphatic heterocycles. The van der Waals surface area contributed by atoms with Crippen molar-refractivity contribution in [3.8, 4) is 0 Å². The third-order valence-corrected chi connectivity index (χ3v) is 10.1. The molecule has 2 atom stereocenters. The van der Waals surface area contributed by atoms with E-state index in [2.05, 4.69) is 51.8 Å². The molecule has 4 aromatic heterocycles. The monoisotopic (exact) mass is 882 g/mol. The molecule has 2 aromatic carbocycles. The van der Waals surface area contributed by atoms with Crippen LogP contribution in [0.15, 0.2) is 112 Å². The highest BCUT2D eigenvalue weighted by atomic mass is 79.9. The first-order chi connectivity index (χ1) is 26.1. The van der Waals surface area contributed by atoms with Crippen LogP contribution in [0, 0.1) is 0 Å². The zero-order valence-corrected chi connectivity index (χ0v) is 33.1. The quantitative estimate of drug-likeness (QED) is 0.150. The first-order valence-electron chi connectivity index (χ1n) is 15.9. The summed E-state index contributed by atoms with van der Waals surface area (Å²) in [4.78, 5) is 65.6. The van der Waals surface area contributed by atoms with Crippen LogP contribution in [0.4, 0.5) is 17.3 Å². The van der Waals surface area contributed by atoms with Crippen LogP contribution < -0.4 is 32.8 Å². The highest BCUT2D eigenvalue weighted by Crippen LogP contribution is 2.35. The summed E-state index contributed by atoms with van der Waals surface area (Å²) in [7, 11) is 0. The van der Waals surface area contributed by atoms with Gasteiger partial charge >= 0.3 is 0 Å². The molecule has 2 amide bonds. The fourth-order valence-electron chi connectivity index (χ4n) is 5.97. The van der Waals surface area contributed by atoms with E-state index in [-0.39, 0.29) is 32.7 Å². The van der Waals surface area contributed by atoms with Gasteiger partial charge in [0.15, 0.2) is 0 Å². The van der Waals surface area contributed by atoms with Crippen LogP contribution in [0.2, 0.25) is 20.1 Å². The molecule has 14 nitrogen and oxygen atoms in total. The Labute approximate surface area is 340 Å². The number of halogens is 5. The average Bonchev–Trinajstić information content (AvgIpc) is 3.60. The number of nitrogens with two attached hydrogens (primary N) is 1. The summed E-state index contributed by atoms with van der Waals surface area (Å²) in [6.07, 6.45) is 5.91. The number of fused-ring (bicyclic) bond motifs is 2. The van der Waals surface area contributed by atoms with Crippen LogP contribution in [0.1, 0.15) is 46.0 Å². The largest absolute Gasteiger partial charge is 0.384 e. The summed E-state index contributed by atoms with van der Waals surface area (Å²) in [5.41, 5.74) is 4.04. The van der Waals surface area contributed by atoms with E-state index < -0.39 is 28.7 Å². The first kappa shape index (κ1) is 39.4. The maximum absolute atomic E-state index is 13.2. The molecule has 6 aromatic rings. The Hall–Kier alpha value is -5.32. The summed E-state index contributed by atoms with van der Waals surface area (Å²) in [5, 5.41) is 9.94. The van der Waals surface area contributed by atoms with E-state index in [4.69, 9.17) is 52.1 Å². The van der Waals surface area contributed by atoms with Gasteiger partial charge in [-0.25, -0.2) is 19.9 Å². The van der Waals surface area contributed by atoms with Gasteiger partial charge in [-0.15, -0.1) is 0 Å². The fraction of sp³-hybridized carbons (Fsp3) is 0.111. The molecule has 8 rings (SSSR count). The van der Waals surface area contributed by atoms with Gasteiger partial charge in [-0.1, -0.05) is 70.7 Å². The Kier molecular flexibility index (Phi) is 11.3. The molecule has 0 spiro atoms. The smallest absolute Gasteiger partial charge is 0.277 e. The molecule has 2 unspecified atom stereocenters. The minimum atomic E-state index is -1.14. The van der Waals surface area contributed by atoms with Gasteiger partial charge in [0, 0.05) is 22.4 Å². The summed E-state index contributed by atoms with van der Waals surface area (Å²) in [6.45, 7) is 3.45. The molecular weight excluding hydrogens is 858 g/mol. The Balaban J connectivity index is 0.000000162. The molecule has 0 radical (unpaired) electrons. The van der Waals surface area contributed by atoms with Crippen LogP contribution in [0.25, 0.3) is 0 Å². The molecule has 0 aliphatic carbocycles. The number of nitrogens with zero attached hydrogens (tertiary/aromatic N) is 6. The molecule has 0 fully saturated rings. The van der Waals surface area contributed by atoms with Gasteiger partial charge in [-0.2, -0.15) is 0 Å². The lowest BCUT2D eigenvalue weighted by Gasteiger charge is -2.28. The third kappa shape index (κ3) is 7.79. The number of carbonyl (C=O) groups excluding carboxylic acids is 2. The molecule has 280 valence electrons. The third-order valence-electron chi connectivity index (χ3n) is 8.53. The number of carbonyl (C=O) groups is 2. The predicted molar refractivity (Wildman–Crippen MR) is 214 cm³/mol. The summed E-state index contributed by atoms with van der Waals surface area (Å²) in [6, 6.07) is 20.0. The van der Waals surface area contributed by atoms with Crippen molar-refractivity contribution < 1.29 is 9.59 Å². The van der Waals surface area contributed by atoms with E-state index in [1.807, 2.05) is 0 Å². The fourth-order valence-corrected chi connectivity index (χ4v) is 7.44. The first-order valence-corrected chi connectivity index (χ1v) is 18.2. The van der Waals surface area contributed by atoms with Gasteiger partial charge in [-0.05, 0) is 89.4 Å². The molecular formula is C36H27BrCl4N10O4. The maximum atomic E-state index is 13.2. The number of aromatic nitrogens is 6. The van der Waals surface area contributed by atoms with E-state index in [1.54, 1.807) is 86.9 Å². The summed E-state index contributed by atoms with van der Waals surface area (Å²) in [5.74, 6) is 0.107. The predicted octanol–water partition coefficient (Wildman–Crippen LogP) is 6.59. The van der Waals surface area contributed by atoms with Crippen molar-refractivity contribution in [2.24, 2.45) is 0 Å². The van der Waals surface area contributed by atoms with E-state index in [9.17, 15) is 19.2 Å². The standard InChI is InChI=1S/C18H13Cl2N5O2.C14H9BrCl2N2O2.C4H5N3/c1-18(10-3-2-4-11(19)7-10)24-16(26)15-12(20)8-13(17(27)25(15)18)23-14-5-6-21-9-22-14;1-14(7-3-2-4-8(16)5-7)18-12(20)11-10(17)6-9(15)13(21)19(11)14;5-4-1-2-6-3-7-4/h2-9H,1H3,(H,24,26)(H,21,22,23);2-6H,1H3,(H,18,20);1-3H,(H2,5,6,7). The van der Waals surface area contributed by atoms with E-state index in [1.165, 1.54) is 33.9 Å². The zero-order chi connectivity index (χ0) is 39.7. The van der Waals surface area contributed by atoms with Crippen LogP contribution in [0.3, 0.4) is 0 Å². The molecule has 6 heterocycles. The van der Waals surface area contributed by atoms with Crippen molar-refractivity contribution in [2.75, 3.05) is 11.1 Å². The number of benzene rings is 2. The second-order valence-electron chi connectivity index (χ2n) is 12.2. The molecule has 55 heavy (non-hydrogen) atoms. The summed E-state index contributed by atoms with van der Waals surface area (Å²) < 4.78 is 2.99. The van der Waals surface area contributed by atoms with Gasteiger partial charge in [0.1, 0.15) is 52.7 Å². The van der Waals surface area contributed by atoms with Crippen molar-refractivity contribution in [3.05, 3.63) is 166 Å². The second kappa shape index (κ2) is 15.8. The molecule has 5 N–H and O–H groups in total. The number of hydrogen-bond donors (Lipinski definition) is 4. The topological polar surface area (TPSA) is 192 Å². The van der Waals surface area contributed by atoms with Crippen LogP contribution >= 0.6 is 62.3 Å². The zero-order valence-electron chi connectivity index (χ0n) is 28.5. The highest BCUT2D eigenvalue weighted by molar-refractivity contribution is 9.10. The lowest BCUT2D eigenvalue weighted by Crippen LogP contribution is -2.46. The lowest BCUT2D eigenvalue weighted by molar-refractivity contribution is 0.0932. The number of pyridine rings is 2. The molecule has 0 saturated heterocycles. The van der Waals surface area contributed by atoms with Crippen molar-refractivity contribution in [2.45, 2.75) is 25.2 Å². The number of nitrogen functional groups attached to an aromatic ring is 1. The molecule has 2 aliphatic rings. The van der Waals surface area contributed by atoms with E-state index >= 15 is 0 Å². The van der Waals surface area contributed by atoms with Crippen molar-refractivity contribution >= 4 is 91.5 Å². The van der Waals surface area contributed by atoms with Gasteiger partial charge in [0.05, 0.1) is 14.5 Å².